The lowest BCUT2D eigenvalue weighted by atomic mass is 10.1. The molecule has 4 nitrogen and oxygen atoms in total. The molecule has 0 saturated heterocycles. The lowest BCUT2D eigenvalue weighted by Crippen LogP contribution is -2.14. The lowest BCUT2D eigenvalue weighted by Gasteiger charge is -2.07. The van der Waals surface area contributed by atoms with Crippen LogP contribution in [0.3, 0.4) is 0 Å². The molecule has 6 heteroatoms. The van der Waals surface area contributed by atoms with Crippen LogP contribution in [0.25, 0.3) is 0 Å². The molecular formula is C9H7Cl2NO3. The quantitative estimate of drug-likeness (QED) is 0.812. The molecule has 0 atom stereocenters. The van der Waals surface area contributed by atoms with Crippen molar-refractivity contribution in [3.05, 3.63) is 33.3 Å². The Morgan fingerprint density at radius 3 is 2.40 bits per heavy atom. The molecular weight excluding hydrogens is 241 g/mol. The number of nitrogens with two attached hydrogens (primary N) is 1. The number of hydrogen-bond donors (Lipinski definition) is 1. The molecule has 0 spiro atoms. The maximum atomic E-state index is 11.2. The Balaban J connectivity index is 3.41. The summed E-state index contributed by atoms with van der Waals surface area (Å²) < 4.78 is 4.47. The fourth-order valence-electron chi connectivity index (χ4n) is 1.05. The van der Waals surface area contributed by atoms with E-state index in [-0.39, 0.29) is 21.2 Å². The highest BCUT2D eigenvalue weighted by molar-refractivity contribution is 6.41. The number of benzene rings is 1. The van der Waals surface area contributed by atoms with Gasteiger partial charge in [-0.3, -0.25) is 4.79 Å². The summed E-state index contributed by atoms with van der Waals surface area (Å²) in [5, 5.41) is 0.00185. The fourth-order valence-corrected chi connectivity index (χ4v) is 1.68. The van der Waals surface area contributed by atoms with E-state index in [1.54, 1.807) is 0 Å². The molecule has 0 saturated carbocycles. The van der Waals surface area contributed by atoms with E-state index in [2.05, 4.69) is 4.74 Å². The Bertz CT molecular complexity index is 432. The minimum atomic E-state index is -0.796. The largest absolute Gasteiger partial charge is 0.465 e. The summed E-state index contributed by atoms with van der Waals surface area (Å²) in [4.78, 5) is 22.2. The van der Waals surface area contributed by atoms with Gasteiger partial charge in [-0.25, -0.2) is 4.79 Å². The SMILES string of the molecule is COC(=O)c1ccc(Cl)c(C(N)=O)c1Cl. The Kier molecular flexibility index (Phi) is 3.55. The molecule has 80 valence electrons. The number of ether oxygens (including phenoxy) is 1. The number of amides is 1. The van der Waals surface area contributed by atoms with Gasteiger partial charge in [-0.1, -0.05) is 23.2 Å². The average Bonchev–Trinajstić information content (AvgIpc) is 2.16. The molecule has 0 unspecified atom stereocenters. The monoisotopic (exact) mass is 247 g/mol. The number of esters is 1. The molecule has 0 aliphatic heterocycles. The van der Waals surface area contributed by atoms with Gasteiger partial charge in [0.25, 0.3) is 5.91 Å². The van der Waals surface area contributed by atoms with Gasteiger partial charge >= 0.3 is 5.97 Å². The zero-order valence-electron chi connectivity index (χ0n) is 7.71. The average molecular weight is 248 g/mol. The highest BCUT2D eigenvalue weighted by Crippen LogP contribution is 2.28. The van der Waals surface area contributed by atoms with Gasteiger partial charge in [0.1, 0.15) is 0 Å². The second-order valence-electron chi connectivity index (χ2n) is 2.64. The van der Waals surface area contributed by atoms with Crippen LogP contribution in [0.15, 0.2) is 12.1 Å². The van der Waals surface area contributed by atoms with E-state index in [0.29, 0.717) is 0 Å². The molecule has 0 bridgehead atoms. The van der Waals surface area contributed by atoms with Crippen molar-refractivity contribution >= 4 is 35.1 Å². The van der Waals surface area contributed by atoms with Crippen LogP contribution in [-0.2, 0) is 4.74 Å². The Hall–Kier alpha value is -1.26. The minimum absolute atomic E-state index is 0.0531. The smallest absolute Gasteiger partial charge is 0.339 e. The Morgan fingerprint density at radius 1 is 1.33 bits per heavy atom. The molecule has 1 aromatic carbocycles. The first-order chi connectivity index (χ1) is 6.99. The topological polar surface area (TPSA) is 69.4 Å². The van der Waals surface area contributed by atoms with Crippen molar-refractivity contribution in [2.75, 3.05) is 7.11 Å². The van der Waals surface area contributed by atoms with Crippen molar-refractivity contribution in [1.29, 1.82) is 0 Å². The van der Waals surface area contributed by atoms with Crippen molar-refractivity contribution in [2.45, 2.75) is 0 Å². The van der Waals surface area contributed by atoms with E-state index in [4.69, 9.17) is 28.9 Å². The predicted octanol–water partition coefficient (Wildman–Crippen LogP) is 1.88. The van der Waals surface area contributed by atoms with Crippen LogP contribution in [-0.4, -0.2) is 19.0 Å². The molecule has 0 aliphatic carbocycles. The van der Waals surface area contributed by atoms with Gasteiger partial charge < -0.3 is 10.5 Å². The van der Waals surface area contributed by atoms with Gasteiger partial charge in [-0.05, 0) is 12.1 Å². The molecule has 0 fully saturated rings. The number of halogens is 2. The Labute approximate surface area is 95.9 Å². The third-order valence-corrected chi connectivity index (χ3v) is 2.45. The van der Waals surface area contributed by atoms with Crippen LogP contribution in [0, 0.1) is 0 Å². The highest BCUT2D eigenvalue weighted by atomic mass is 35.5. The number of carbonyl (C=O) groups excluding carboxylic acids is 2. The molecule has 0 aliphatic rings. The molecule has 0 aromatic heterocycles. The molecule has 0 radical (unpaired) electrons. The molecule has 1 amide bonds. The third kappa shape index (κ3) is 2.22. The molecule has 0 heterocycles. The van der Waals surface area contributed by atoms with Gasteiger partial charge in [0, 0.05) is 0 Å². The van der Waals surface area contributed by atoms with E-state index in [1.807, 2.05) is 0 Å². The van der Waals surface area contributed by atoms with Crippen molar-refractivity contribution in [3.63, 3.8) is 0 Å². The zero-order chi connectivity index (χ0) is 11.6. The number of primary amides is 1. The molecule has 2 N–H and O–H groups in total. The maximum Gasteiger partial charge on any atom is 0.339 e. The summed E-state index contributed by atoms with van der Waals surface area (Å²) in [6.07, 6.45) is 0. The van der Waals surface area contributed by atoms with Crippen LogP contribution >= 0.6 is 23.2 Å². The first-order valence-corrected chi connectivity index (χ1v) is 4.60. The summed E-state index contributed by atoms with van der Waals surface area (Å²) in [7, 11) is 1.21. The number of methoxy groups -OCH3 is 1. The first-order valence-electron chi connectivity index (χ1n) is 3.85. The van der Waals surface area contributed by atoms with Gasteiger partial charge in [-0.2, -0.15) is 0 Å². The summed E-state index contributed by atoms with van der Waals surface area (Å²) in [5.41, 5.74) is 5.04. The third-order valence-electron chi connectivity index (χ3n) is 1.74. The van der Waals surface area contributed by atoms with Crippen LogP contribution in [0.4, 0.5) is 0 Å². The predicted molar refractivity (Wildman–Crippen MR) is 56.3 cm³/mol. The number of carbonyl (C=O) groups is 2. The zero-order valence-corrected chi connectivity index (χ0v) is 9.22. The van der Waals surface area contributed by atoms with E-state index in [0.717, 1.165) is 0 Å². The maximum absolute atomic E-state index is 11.2. The summed E-state index contributed by atoms with van der Waals surface area (Å²) >= 11 is 11.5. The Morgan fingerprint density at radius 2 is 1.93 bits per heavy atom. The second-order valence-corrected chi connectivity index (χ2v) is 3.42. The van der Waals surface area contributed by atoms with Crippen LogP contribution < -0.4 is 5.73 Å². The van der Waals surface area contributed by atoms with E-state index >= 15 is 0 Å². The second kappa shape index (κ2) is 4.51. The van der Waals surface area contributed by atoms with E-state index < -0.39 is 11.9 Å². The van der Waals surface area contributed by atoms with E-state index in [1.165, 1.54) is 19.2 Å². The van der Waals surface area contributed by atoms with Crippen LogP contribution in [0.5, 0.6) is 0 Å². The van der Waals surface area contributed by atoms with E-state index in [9.17, 15) is 9.59 Å². The molecule has 15 heavy (non-hydrogen) atoms. The molecule has 1 aromatic rings. The standard InChI is InChI=1S/C9H7Cl2NO3/c1-15-9(14)4-2-3-5(10)6(7(4)11)8(12)13/h2-3H,1H3,(H2,12,13). The van der Waals surface area contributed by atoms with Crippen LogP contribution in [0.2, 0.25) is 10.0 Å². The normalized spacial score (nSPS) is 9.80. The number of rotatable bonds is 2. The highest BCUT2D eigenvalue weighted by Gasteiger charge is 2.19. The van der Waals surface area contributed by atoms with Gasteiger partial charge in [-0.15, -0.1) is 0 Å². The van der Waals surface area contributed by atoms with Crippen molar-refractivity contribution in [1.82, 2.24) is 0 Å². The lowest BCUT2D eigenvalue weighted by molar-refractivity contribution is 0.0601. The van der Waals surface area contributed by atoms with Gasteiger partial charge in [0.15, 0.2) is 0 Å². The fraction of sp³-hybridized carbons (Fsp3) is 0.111. The summed E-state index contributed by atoms with van der Waals surface area (Å²) in [6, 6.07) is 2.72. The minimum Gasteiger partial charge on any atom is -0.465 e. The van der Waals surface area contributed by atoms with Crippen molar-refractivity contribution in [2.24, 2.45) is 5.73 Å². The summed E-state index contributed by atoms with van der Waals surface area (Å²) in [6.45, 7) is 0. The van der Waals surface area contributed by atoms with Gasteiger partial charge in [0.05, 0.1) is 28.3 Å². The van der Waals surface area contributed by atoms with Crippen molar-refractivity contribution < 1.29 is 14.3 Å². The van der Waals surface area contributed by atoms with Crippen LogP contribution in [0.1, 0.15) is 20.7 Å². The first kappa shape index (κ1) is 11.8. The van der Waals surface area contributed by atoms with Gasteiger partial charge in [0.2, 0.25) is 0 Å². The van der Waals surface area contributed by atoms with Crippen molar-refractivity contribution in [3.8, 4) is 0 Å². The molecule has 1 rings (SSSR count). The number of hydrogen-bond acceptors (Lipinski definition) is 3. The summed E-state index contributed by atoms with van der Waals surface area (Å²) in [5.74, 6) is -1.45.